The monoisotopic (exact) mass is 446 g/mol. The van der Waals surface area contributed by atoms with E-state index in [9.17, 15) is 24.0 Å². The van der Waals surface area contributed by atoms with Gasteiger partial charge in [0.1, 0.15) is 16.9 Å². The number of nitrogens with two attached hydrogens (primary N) is 2. The van der Waals surface area contributed by atoms with Crippen LogP contribution in [0.15, 0.2) is 11.4 Å². The molecule has 32 heavy (non-hydrogen) atoms. The third-order valence-corrected chi connectivity index (χ3v) is 7.70. The largest absolute Gasteiger partial charge is 0.385 e. The number of carbonyl (C=O) groups excluding carboxylic acids is 5. The molecule has 2 aliphatic carbocycles. The molecular weight excluding hydrogens is 416 g/mol. The van der Waals surface area contributed by atoms with E-state index in [0.29, 0.717) is 44.9 Å². The first-order valence-corrected chi connectivity index (χ1v) is 11.0. The van der Waals surface area contributed by atoms with Gasteiger partial charge in [-0.3, -0.25) is 29.1 Å². The highest BCUT2D eigenvalue weighted by Gasteiger charge is 2.67. The predicted octanol–water partition coefficient (Wildman–Crippen LogP) is 0.302. The highest BCUT2D eigenvalue weighted by Crippen LogP contribution is 2.61. The van der Waals surface area contributed by atoms with Gasteiger partial charge in [0.2, 0.25) is 0 Å². The Bertz CT molecular complexity index is 938. The minimum absolute atomic E-state index is 0.0990. The van der Waals surface area contributed by atoms with Gasteiger partial charge in [-0.25, -0.2) is 9.59 Å². The number of barbiturate groups is 1. The van der Waals surface area contributed by atoms with Gasteiger partial charge in [0.25, 0.3) is 17.7 Å². The van der Waals surface area contributed by atoms with E-state index in [1.165, 1.54) is 11.9 Å². The number of carbonyl (C=O) groups is 5. The van der Waals surface area contributed by atoms with Crippen molar-refractivity contribution in [2.45, 2.75) is 63.5 Å². The van der Waals surface area contributed by atoms with Gasteiger partial charge < -0.3 is 16.4 Å². The van der Waals surface area contributed by atoms with Crippen LogP contribution < -0.4 is 11.5 Å². The van der Waals surface area contributed by atoms with Gasteiger partial charge in [0.15, 0.2) is 0 Å². The Morgan fingerprint density at radius 1 is 0.969 bits per heavy atom. The van der Waals surface area contributed by atoms with Crippen LogP contribution in [-0.2, 0) is 14.4 Å². The lowest BCUT2D eigenvalue weighted by Crippen LogP contribution is -2.65. The fourth-order valence-corrected chi connectivity index (χ4v) is 6.00. The highest BCUT2D eigenvalue weighted by atomic mass is 16.2. The van der Waals surface area contributed by atoms with Crippen molar-refractivity contribution < 1.29 is 24.0 Å². The van der Waals surface area contributed by atoms with Crippen LogP contribution in [0.25, 0.3) is 0 Å². The van der Waals surface area contributed by atoms with E-state index in [2.05, 4.69) is 0 Å². The molecule has 2 spiro atoms. The maximum atomic E-state index is 13.0. The molecule has 11 heteroatoms. The molecule has 2 saturated carbocycles. The molecule has 2 heterocycles. The van der Waals surface area contributed by atoms with Crippen LogP contribution in [-0.4, -0.2) is 81.6 Å². The molecule has 7 amide bonds. The van der Waals surface area contributed by atoms with Crippen molar-refractivity contribution in [1.29, 1.82) is 0 Å². The van der Waals surface area contributed by atoms with Crippen LogP contribution >= 0.6 is 0 Å². The lowest BCUT2D eigenvalue weighted by molar-refractivity contribution is -0.149. The molecule has 0 aromatic carbocycles. The van der Waals surface area contributed by atoms with E-state index in [1.807, 2.05) is 6.92 Å². The van der Waals surface area contributed by atoms with Crippen molar-refractivity contribution in [2.24, 2.45) is 16.9 Å². The molecule has 4 rings (SSSR count). The first-order chi connectivity index (χ1) is 15.0. The number of hydrogen-bond donors (Lipinski definition) is 2. The van der Waals surface area contributed by atoms with Crippen LogP contribution in [0.2, 0.25) is 0 Å². The lowest BCUT2D eigenvalue weighted by atomic mass is 9.51. The summed E-state index contributed by atoms with van der Waals surface area (Å²) >= 11 is 0. The number of nitrogens with zero attached hydrogens (tertiary/aromatic N) is 4. The molecule has 4 N–H and O–H groups in total. The lowest BCUT2D eigenvalue weighted by Gasteiger charge is -2.58. The fraction of sp³-hybridized carbons (Fsp3) is 0.667. The summed E-state index contributed by atoms with van der Waals surface area (Å²) in [6.07, 6.45) is 4.26. The quantitative estimate of drug-likeness (QED) is 0.359. The molecule has 0 aromatic rings. The number of amides is 7. The Kier molecular flexibility index (Phi) is 4.98. The average molecular weight is 447 g/mol. The molecule has 2 aliphatic heterocycles. The molecule has 4 fully saturated rings. The van der Waals surface area contributed by atoms with E-state index in [4.69, 9.17) is 11.5 Å². The number of urea groups is 2. The standard InChI is InChI=1S/C21H30N6O5/c1-4-9-26-15(28)13(14(22)23)16(29)27(19(26)32)12-5-7-20(8-6-12)10-21(11-20)17(30)24(2)18(31)25(21)3/h12H,4-11,22-23H2,1-3H3. The first kappa shape index (κ1) is 22.1. The summed E-state index contributed by atoms with van der Waals surface area (Å²) < 4.78 is 0. The second-order valence-electron chi connectivity index (χ2n) is 9.57. The van der Waals surface area contributed by atoms with Gasteiger partial charge in [-0.05, 0) is 50.4 Å². The number of hydrogen-bond acceptors (Lipinski definition) is 7. The number of imide groups is 3. The van der Waals surface area contributed by atoms with Gasteiger partial charge in [0, 0.05) is 26.7 Å². The molecule has 0 aromatic heterocycles. The van der Waals surface area contributed by atoms with Gasteiger partial charge in [-0.2, -0.15) is 0 Å². The summed E-state index contributed by atoms with van der Waals surface area (Å²) in [5, 5.41) is 0. The highest BCUT2D eigenvalue weighted by molar-refractivity contribution is 6.29. The summed E-state index contributed by atoms with van der Waals surface area (Å²) in [5.41, 5.74) is 10.0. The van der Waals surface area contributed by atoms with E-state index in [-0.39, 0.29) is 41.3 Å². The van der Waals surface area contributed by atoms with Crippen LogP contribution in [0, 0.1) is 5.41 Å². The fourth-order valence-electron chi connectivity index (χ4n) is 6.00. The second kappa shape index (κ2) is 7.21. The Hall–Kier alpha value is -3.11. The minimum atomic E-state index is -0.774. The molecule has 0 atom stereocenters. The van der Waals surface area contributed by atoms with Gasteiger partial charge in [0.05, 0.1) is 0 Å². The molecule has 4 aliphatic rings. The molecule has 0 bridgehead atoms. The van der Waals surface area contributed by atoms with Gasteiger partial charge in [-0.15, -0.1) is 0 Å². The summed E-state index contributed by atoms with van der Waals surface area (Å²) in [5.74, 6) is -2.04. The summed E-state index contributed by atoms with van der Waals surface area (Å²) in [6.45, 7) is 2.00. The SMILES string of the molecule is CCCN1C(=O)C(=C(N)N)C(=O)N(C2CCC3(CC2)CC2(C3)C(=O)N(C)C(=O)N2C)C1=O. The molecule has 0 radical (unpaired) electrons. The Morgan fingerprint density at radius 3 is 2.03 bits per heavy atom. The molecular formula is C21H30N6O5. The van der Waals surface area contributed by atoms with Crippen LogP contribution in [0.5, 0.6) is 0 Å². The summed E-state index contributed by atoms with van der Waals surface area (Å²) in [4.78, 5) is 68.4. The predicted molar refractivity (Wildman–Crippen MR) is 112 cm³/mol. The van der Waals surface area contributed by atoms with E-state index in [0.717, 1.165) is 9.80 Å². The zero-order chi connectivity index (χ0) is 23.6. The van der Waals surface area contributed by atoms with Gasteiger partial charge in [-0.1, -0.05) is 6.92 Å². The van der Waals surface area contributed by atoms with E-state index >= 15 is 0 Å². The Balaban J connectivity index is 1.50. The van der Waals surface area contributed by atoms with Crippen LogP contribution in [0.4, 0.5) is 9.59 Å². The normalized spacial score (nSPS) is 33.2. The van der Waals surface area contributed by atoms with Crippen molar-refractivity contribution in [3.63, 3.8) is 0 Å². The summed E-state index contributed by atoms with van der Waals surface area (Å²) in [6, 6.07) is -1.29. The first-order valence-electron chi connectivity index (χ1n) is 11.0. The van der Waals surface area contributed by atoms with Crippen molar-refractivity contribution in [3.8, 4) is 0 Å². The van der Waals surface area contributed by atoms with Crippen LogP contribution in [0.3, 0.4) is 0 Å². The molecule has 0 unspecified atom stereocenters. The molecule has 2 saturated heterocycles. The van der Waals surface area contributed by atoms with Gasteiger partial charge >= 0.3 is 12.1 Å². The van der Waals surface area contributed by atoms with Crippen molar-refractivity contribution in [3.05, 3.63) is 11.4 Å². The third kappa shape index (κ3) is 2.82. The maximum absolute atomic E-state index is 13.0. The zero-order valence-corrected chi connectivity index (χ0v) is 18.7. The Morgan fingerprint density at radius 2 is 1.56 bits per heavy atom. The van der Waals surface area contributed by atoms with Crippen LogP contribution in [0.1, 0.15) is 51.9 Å². The number of likely N-dealkylation sites (N-methyl/N-ethyl adjacent to an activating group) is 2. The minimum Gasteiger partial charge on any atom is -0.385 e. The Labute approximate surface area is 186 Å². The zero-order valence-electron chi connectivity index (χ0n) is 18.7. The average Bonchev–Trinajstić information content (AvgIpc) is 2.88. The maximum Gasteiger partial charge on any atom is 0.334 e. The smallest absolute Gasteiger partial charge is 0.334 e. The second-order valence-corrected chi connectivity index (χ2v) is 9.57. The van der Waals surface area contributed by atoms with Crippen molar-refractivity contribution >= 4 is 29.8 Å². The third-order valence-electron chi connectivity index (χ3n) is 7.70. The molecule has 174 valence electrons. The van der Waals surface area contributed by atoms with E-state index < -0.39 is 23.4 Å². The van der Waals surface area contributed by atoms with E-state index in [1.54, 1.807) is 11.9 Å². The van der Waals surface area contributed by atoms with Crippen molar-refractivity contribution in [1.82, 2.24) is 19.6 Å². The number of rotatable bonds is 3. The summed E-state index contributed by atoms with van der Waals surface area (Å²) in [7, 11) is 3.17. The topological polar surface area (TPSA) is 150 Å². The molecule has 11 nitrogen and oxygen atoms in total. The van der Waals surface area contributed by atoms with Crippen molar-refractivity contribution in [2.75, 3.05) is 20.6 Å².